The maximum absolute atomic E-state index is 13.9. The lowest BCUT2D eigenvalue weighted by atomic mass is 9.93. The number of rotatable bonds is 5. The summed E-state index contributed by atoms with van der Waals surface area (Å²) in [7, 11) is 0. The molecule has 0 radical (unpaired) electrons. The molecule has 0 spiro atoms. The number of carbonyl (C=O) groups excluding carboxylic acids is 1. The van der Waals surface area contributed by atoms with Gasteiger partial charge in [0.15, 0.2) is 5.82 Å². The van der Waals surface area contributed by atoms with Gasteiger partial charge in [0.2, 0.25) is 5.91 Å². The zero-order valence-electron chi connectivity index (χ0n) is 20.2. The predicted molar refractivity (Wildman–Crippen MR) is 140 cm³/mol. The molecule has 2 aliphatic rings. The number of benzene rings is 1. The Kier molecular flexibility index (Phi) is 6.54. The summed E-state index contributed by atoms with van der Waals surface area (Å²) in [5, 5.41) is 2.12. The van der Waals surface area contributed by atoms with Crippen molar-refractivity contribution in [2.75, 3.05) is 26.2 Å². The van der Waals surface area contributed by atoms with E-state index in [0.29, 0.717) is 11.4 Å². The Balaban J connectivity index is 1.13. The number of piperidine rings is 2. The van der Waals surface area contributed by atoms with Crippen LogP contribution in [-0.2, 0) is 11.3 Å². The van der Waals surface area contributed by atoms with Crippen molar-refractivity contribution in [3.05, 3.63) is 70.8 Å². The van der Waals surface area contributed by atoms with E-state index >= 15 is 0 Å². The van der Waals surface area contributed by atoms with E-state index in [9.17, 15) is 9.18 Å². The number of hydrogen-bond acceptors (Lipinski definition) is 5. The van der Waals surface area contributed by atoms with Crippen LogP contribution in [0.4, 0.5) is 4.39 Å². The average molecular weight is 504 g/mol. The summed E-state index contributed by atoms with van der Waals surface area (Å²) in [6.07, 6.45) is 5.33. The van der Waals surface area contributed by atoms with Crippen molar-refractivity contribution in [3.8, 4) is 11.5 Å². The molecule has 2 saturated heterocycles. The van der Waals surface area contributed by atoms with E-state index in [-0.39, 0.29) is 17.8 Å². The van der Waals surface area contributed by atoms with Crippen LogP contribution >= 0.6 is 11.3 Å². The van der Waals surface area contributed by atoms with Gasteiger partial charge in [-0.2, -0.15) is 0 Å². The first kappa shape index (κ1) is 23.3. The first-order valence-electron chi connectivity index (χ1n) is 12.8. The SMILES string of the molecule is O=C(C1CCN(Cc2cccs2)CC1)N1CCC(n2c(-c3ccccn3)nc3cc(F)ccc32)CC1. The van der Waals surface area contributed by atoms with E-state index in [4.69, 9.17) is 4.98 Å². The lowest BCUT2D eigenvalue weighted by molar-refractivity contribution is -0.138. The standard InChI is InChI=1S/C28H30FN5OS/c29-21-6-7-26-25(18-21)31-27(24-5-1-2-12-30-24)34(26)22-10-15-33(16-11-22)28(35)20-8-13-32(14-9-20)19-23-4-3-17-36-23/h1-7,12,17-18,20,22H,8-11,13-16,19H2. The monoisotopic (exact) mass is 503 g/mol. The Bertz CT molecular complexity index is 1320. The van der Waals surface area contributed by atoms with Crippen LogP contribution in [0.3, 0.4) is 0 Å². The van der Waals surface area contributed by atoms with Gasteiger partial charge in [0.1, 0.15) is 11.5 Å². The van der Waals surface area contributed by atoms with Crippen LogP contribution in [0.15, 0.2) is 60.1 Å². The highest BCUT2D eigenvalue weighted by molar-refractivity contribution is 7.09. The number of amides is 1. The summed E-state index contributed by atoms with van der Waals surface area (Å²) in [5.74, 6) is 0.912. The summed E-state index contributed by atoms with van der Waals surface area (Å²) in [4.78, 5) is 28.5. The molecule has 36 heavy (non-hydrogen) atoms. The number of halogens is 1. The summed E-state index contributed by atoms with van der Waals surface area (Å²) in [5.41, 5.74) is 2.34. The minimum Gasteiger partial charge on any atom is -0.342 e. The molecule has 6 rings (SSSR count). The highest BCUT2D eigenvalue weighted by Gasteiger charge is 2.32. The fourth-order valence-electron chi connectivity index (χ4n) is 5.68. The number of carbonyl (C=O) groups is 1. The second-order valence-electron chi connectivity index (χ2n) is 9.84. The third kappa shape index (κ3) is 4.67. The number of nitrogens with zero attached hydrogens (tertiary/aromatic N) is 5. The predicted octanol–water partition coefficient (Wildman–Crippen LogP) is 5.37. The van der Waals surface area contributed by atoms with Gasteiger partial charge in [-0.1, -0.05) is 12.1 Å². The van der Waals surface area contributed by atoms with Crippen molar-refractivity contribution in [3.63, 3.8) is 0 Å². The molecule has 3 aromatic heterocycles. The van der Waals surface area contributed by atoms with Crippen molar-refractivity contribution >= 4 is 28.3 Å². The topological polar surface area (TPSA) is 54.3 Å². The normalized spacial score (nSPS) is 18.2. The molecule has 0 unspecified atom stereocenters. The van der Waals surface area contributed by atoms with Gasteiger partial charge in [0, 0.05) is 48.7 Å². The van der Waals surface area contributed by atoms with Gasteiger partial charge in [-0.05, 0) is 74.5 Å². The van der Waals surface area contributed by atoms with Crippen LogP contribution in [0, 0.1) is 11.7 Å². The number of imidazole rings is 1. The quantitative estimate of drug-likeness (QED) is 0.367. The molecule has 186 valence electrons. The molecule has 4 aromatic rings. The molecular weight excluding hydrogens is 473 g/mol. The Morgan fingerprint density at radius 1 is 1.00 bits per heavy atom. The number of likely N-dealkylation sites (tertiary alicyclic amines) is 2. The molecule has 5 heterocycles. The Morgan fingerprint density at radius 3 is 2.56 bits per heavy atom. The van der Waals surface area contributed by atoms with Gasteiger partial charge in [-0.25, -0.2) is 9.37 Å². The van der Waals surface area contributed by atoms with Gasteiger partial charge in [-0.15, -0.1) is 11.3 Å². The highest BCUT2D eigenvalue weighted by Crippen LogP contribution is 2.34. The third-order valence-corrected chi connectivity index (χ3v) is 8.44. The number of thiophene rings is 1. The summed E-state index contributed by atoms with van der Waals surface area (Å²) in [6.45, 7) is 4.43. The van der Waals surface area contributed by atoms with Crippen LogP contribution < -0.4 is 0 Å². The van der Waals surface area contributed by atoms with E-state index in [0.717, 1.165) is 75.4 Å². The summed E-state index contributed by atoms with van der Waals surface area (Å²) in [6, 6.07) is 15.0. The summed E-state index contributed by atoms with van der Waals surface area (Å²) >= 11 is 1.80. The number of hydrogen-bond donors (Lipinski definition) is 0. The molecule has 0 aliphatic carbocycles. The average Bonchev–Trinajstić information content (AvgIpc) is 3.57. The van der Waals surface area contributed by atoms with Crippen molar-refractivity contribution in [2.24, 2.45) is 5.92 Å². The molecule has 2 fully saturated rings. The minimum atomic E-state index is -0.290. The van der Waals surface area contributed by atoms with Crippen LogP contribution in [-0.4, -0.2) is 56.4 Å². The van der Waals surface area contributed by atoms with Gasteiger partial charge < -0.3 is 9.47 Å². The van der Waals surface area contributed by atoms with Crippen LogP contribution in [0.1, 0.15) is 36.6 Å². The second kappa shape index (κ2) is 10.1. The van der Waals surface area contributed by atoms with E-state index in [2.05, 4.69) is 36.9 Å². The Morgan fingerprint density at radius 2 is 1.83 bits per heavy atom. The zero-order chi connectivity index (χ0) is 24.5. The maximum atomic E-state index is 13.9. The molecule has 6 nitrogen and oxygen atoms in total. The minimum absolute atomic E-state index is 0.127. The maximum Gasteiger partial charge on any atom is 0.225 e. The van der Waals surface area contributed by atoms with Gasteiger partial charge in [0.25, 0.3) is 0 Å². The highest BCUT2D eigenvalue weighted by atomic mass is 32.1. The zero-order valence-corrected chi connectivity index (χ0v) is 21.0. The van der Waals surface area contributed by atoms with Crippen LogP contribution in [0.2, 0.25) is 0 Å². The first-order valence-corrected chi connectivity index (χ1v) is 13.7. The molecule has 0 N–H and O–H groups in total. The van der Waals surface area contributed by atoms with E-state index < -0.39 is 0 Å². The van der Waals surface area contributed by atoms with Crippen LogP contribution in [0.25, 0.3) is 22.6 Å². The largest absolute Gasteiger partial charge is 0.342 e. The molecule has 0 bridgehead atoms. The fraction of sp³-hybridized carbons (Fsp3) is 0.393. The van der Waals surface area contributed by atoms with Crippen LogP contribution in [0.5, 0.6) is 0 Å². The Labute approximate surface area is 214 Å². The molecule has 1 aromatic carbocycles. The van der Waals surface area contributed by atoms with Gasteiger partial charge in [0.05, 0.1) is 11.0 Å². The second-order valence-corrected chi connectivity index (χ2v) is 10.9. The number of aromatic nitrogens is 3. The van der Waals surface area contributed by atoms with E-state index in [1.54, 1.807) is 17.5 Å². The molecule has 0 saturated carbocycles. The van der Waals surface area contributed by atoms with E-state index in [1.807, 2.05) is 24.3 Å². The van der Waals surface area contributed by atoms with Crippen molar-refractivity contribution in [1.29, 1.82) is 0 Å². The molecular formula is C28H30FN5OS. The number of pyridine rings is 1. The van der Waals surface area contributed by atoms with E-state index in [1.165, 1.54) is 17.0 Å². The van der Waals surface area contributed by atoms with Gasteiger partial charge in [-0.3, -0.25) is 14.7 Å². The molecule has 2 aliphatic heterocycles. The lowest BCUT2D eigenvalue weighted by Gasteiger charge is -2.38. The first-order chi connectivity index (χ1) is 17.7. The molecule has 8 heteroatoms. The smallest absolute Gasteiger partial charge is 0.225 e. The summed E-state index contributed by atoms with van der Waals surface area (Å²) < 4.78 is 16.2. The number of fused-ring (bicyclic) bond motifs is 1. The Hall–Kier alpha value is -3.10. The third-order valence-electron chi connectivity index (χ3n) is 7.58. The van der Waals surface area contributed by atoms with Crippen molar-refractivity contribution in [1.82, 2.24) is 24.3 Å². The fourth-order valence-corrected chi connectivity index (χ4v) is 6.43. The van der Waals surface area contributed by atoms with Gasteiger partial charge >= 0.3 is 0 Å². The molecule has 0 atom stereocenters. The lowest BCUT2D eigenvalue weighted by Crippen LogP contribution is -2.45. The molecule has 1 amide bonds. The van der Waals surface area contributed by atoms with Crippen molar-refractivity contribution in [2.45, 2.75) is 38.3 Å². The van der Waals surface area contributed by atoms with Crippen molar-refractivity contribution < 1.29 is 9.18 Å².